The van der Waals surface area contributed by atoms with Crippen LogP contribution in [0, 0.1) is 0 Å². The maximum atomic E-state index is 13.7. The van der Waals surface area contributed by atoms with Crippen molar-refractivity contribution in [3.8, 4) is 0 Å². The van der Waals surface area contributed by atoms with Crippen LogP contribution in [0.25, 0.3) is 11.0 Å². The van der Waals surface area contributed by atoms with Gasteiger partial charge < -0.3 is 19.9 Å². The van der Waals surface area contributed by atoms with Gasteiger partial charge in [-0.25, -0.2) is 4.68 Å². The summed E-state index contributed by atoms with van der Waals surface area (Å²) in [5, 5.41) is 11.3. The van der Waals surface area contributed by atoms with Crippen molar-refractivity contribution in [2.45, 2.75) is 32.5 Å². The minimum Gasteiger partial charge on any atom is -0.378 e. The monoisotopic (exact) mass is 512 g/mol. The molecule has 5 rings (SSSR count). The highest BCUT2D eigenvalue weighted by atomic mass is 16.5. The van der Waals surface area contributed by atoms with Gasteiger partial charge in [-0.2, -0.15) is 0 Å². The molecule has 0 atom stereocenters. The molecule has 1 fully saturated rings. The van der Waals surface area contributed by atoms with Gasteiger partial charge >= 0.3 is 0 Å². The van der Waals surface area contributed by atoms with Crippen molar-refractivity contribution in [1.82, 2.24) is 19.9 Å². The van der Waals surface area contributed by atoms with Gasteiger partial charge in [0.15, 0.2) is 0 Å². The Labute approximate surface area is 222 Å². The third-order valence-corrected chi connectivity index (χ3v) is 6.92. The SMILES string of the molecule is CC(C)(C(=O)Nc1ccc(N2CCOCC2)cc1)N(Cc1ccccc1)C(=O)Cn1nnc2ccccc21. The second kappa shape index (κ2) is 11.0. The molecule has 196 valence electrons. The van der Waals surface area contributed by atoms with E-state index < -0.39 is 5.54 Å². The number of hydrogen-bond donors (Lipinski definition) is 1. The van der Waals surface area contributed by atoms with Gasteiger partial charge in [-0.3, -0.25) is 9.59 Å². The zero-order chi connectivity index (χ0) is 26.5. The number of morpholine rings is 1. The Morgan fingerprint density at radius 1 is 0.947 bits per heavy atom. The Hall–Kier alpha value is -4.24. The molecule has 1 aliphatic rings. The minimum absolute atomic E-state index is 0.0295. The van der Waals surface area contributed by atoms with Gasteiger partial charge in [0, 0.05) is 31.0 Å². The molecular formula is C29H32N6O3. The van der Waals surface area contributed by atoms with Crippen molar-refractivity contribution < 1.29 is 14.3 Å². The smallest absolute Gasteiger partial charge is 0.249 e. The first-order valence-corrected chi connectivity index (χ1v) is 12.8. The van der Waals surface area contributed by atoms with Crippen LogP contribution in [0.15, 0.2) is 78.9 Å². The predicted octanol–water partition coefficient (Wildman–Crippen LogP) is 3.71. The number of aromatic nitrogens is 3. The molecule has 0 radical (unpaired) electrons. The van der Waals surface area contributed by atoms with Crippen LogP contribution in [-0.4, -0.2) is 63.6 Å². The third kappa shape index (κ3) is 5.52. The first-order valence-electron chi connectivity index (χ1n) is 12.8. The number of amides is 2. The summed E-state index contributed by atoms with van der Waals surface area (Å²) in [7, 11) is 0. The van der Waals surface area contributed by atoms with Gasteiger partial charge in [-0.15, -0.1) is 5.10 Å². The summed E-state index contributed by atoms with van der Waals surface area (Å²) < 4.78 is 7.01. The topological polar surface area (TPSA) is 92.6 Å². The molecule has 1 saturated heterocycles. The van der Waals surface area contributed by atoms with Crippen molar-refractivity contribution in [3.05, 3.63) is 84.4 Å². The molecule has 9 nitrogen and oxygen atoms in total. The molecule has 0 unspecified atom stereocenters. The van der Waals surface area contributed by atoms with Gasteiger partial charge in [0.05, 0.1) is 18.7 Å². The Morgan fingerprint density at radius 2 is 1.63 bits per heavy atom. The molecule has 9 heteroatoms. The van der Waals surface area contributed by atoms with E-state index in [1.54, 1.807) is 23.4 Å². The van der Waals surface area contributed by atoms with Crippen LogP contribution in [0.3, 0.4) is 0 Å². The van der Waals surface area contributed by atoms with Gasteiger partial charge in [0.25, 0.3) is 0 Å². The summed E-state index contributed by atoms with van der Waals surface area (Å²) in [4.78, 5) is 31.2. The maximum Gasteiger partial charge on any atom is 0.249 e. The number of para-hydroxylation sites is 1. The average molecular weight is 513 g/mol. The molecular weight excluding hydrogens is 480 g/mol. The standard InChI is InChI=1S/C29H32N6O3/c1-29(2,28(37)30-23-12-14-24(15-13-23)33-16-18-38-19-17-33)34(20-22-8-4-3-5-9-22)27(36)21-35-26-11-7-6-10-25(26)31-32-35/h3-15H,16-21H2,1-2H3,(H,30,37). The van der Waals surface area contributed by atoms with Crippen LogP contribution >= 0.6 is 0 Å². The first-order chi connectivity index (χ1) is 18.4. The fourth-order valence-electron chi connectivity index (χ4n) is 4.59. The average Bonchev–Trinajstić information content (AvgIpc) is 3.35. The van der Waals surface area contributed by atoms with E-state index in [1.165, 1.54) is 0 Å². The number of nitrogens with zero attached hydrogens (tertiary/aromatic N) is 5. The summed E-state index contributed by atoms with van der Waals surface area (Å²) in [5.41, 5.74) is 3.03. The molecule has 1 N–H and O–H groups in total. The summed E-state index contributed by atoms with van der Waals surface area (Å²) >= 11 is 0. The number of anilines is 2. The van der Waals surface area contributed by atoms with Crippen LogP contribution in [0.4, 0.5) is 11.4 Å². The van der Waals surface area contributed by atoms with Crippen LogP contribution < -0.4 is 10.2 Å². The summed E-state index contributed by atoms with van der Waals surface area (Å²) in [6, 6.07) is 24.9. The Bertz CT molecular complexity index is 1390. The van der Waals surface area contributed by atoms with Gasteiger partial charge in [0.1, 0.15) is 17.6 Å². The summed E-state index contributed by atoms with van der Waals surface area (Å²) in [5.74, 6) is -0.503. The largest absolute Gasteiger partial charge is 0.378 e. The molecule has 1 aliphatic heterocycles. The molecule has 1 aromatic heterocycles. The second-order valence-electron chi connectivity index (χ2n) is 9.86. The van der Waals surface area contributed by atoms with Crippen molar-refractivity contribution in [2.75, 3.05) is 36.5 Å². The molecule has 0 bridgehead atoms. The van der Waals surface area contributed by atoms with Crippen molar-refractivity contribution in [1.29, 1.82) is 0 Å². The van der Waals surface area contributed by atoms with E-state index in [2.05, 4.69) is 20.5 Å². The molecule has 0 aliphatic carbocycles. The van der Waals surface area contributed by atoms with E-state index >= 15 is 0 Å². The zero-order valence-electron chi connectivity index (χ0n) is 21.7. The molecule has 3 aromatic carbocycles. The number of rotatable bonds is 8. The number of carbonyl (C=O) groups is 2. The Morgan fingerprint density at radius 3 is 2.37 bits per heavy atom. The number of hydrogen-bond acceptors (Lipinski definition) is 6. The lowest BCUT2D eigenvalue weighted by Crippen LogP contribution is -2.55. The van der Waals surface area contributed by atoms with Crippen molar-refractivity contribution in [2.24, 2.45) is 0 Å². The quantitative estimate of drug-likeness (QED) is 0.387. The maximum absolute atomic E-state index is 13.7. The molecule has 4 aromatic rings. The van der Waals surface area contributed by atoms with Gasteiger partial charge in [-0.1, -0.05) is 47.7 Å². The number of nitrogens with one attached hydrogen (secondary N) is 1. The molecule has 2 amide bonds. The number of fused-ring (bicyclic) bond motifs is 1. The minimum atomic E-state index is -1.15. The fourth-order valence-corrected chi connectivity index (χ4v) is 4.59. The normalized spacial score (nSPS) is 13.9. The van der Waals surface area contributed by atoms with Crippen LogP contribution in [0.5, 0.6) is 0 Å². The molecule has 0 spiro atoms. The Kier molecular flexibility index (Phi) is 7.37. The molecule has 38 heavy (non-hydrogen) atoms. The lowest BCUT2D eigenvalue weighted by molar-refractivity contribution is -0.145. The zero-order valence-corrected chi connectivity index (χ0v) is 21.7. The fraction of sp³-hybridized carbons (Fsp3) is 0.310. The number of benzene rings is 3. The number of ether oxygens (including phenoxy) is 1. The van der Waals surface area contributed by atoms with Crippen LogP contribution in [0.2, 0.25) is 0 Å². The summed E-state index contributed by atoms with van der Waals surface area (Å²) in [6.07, 6.45) is 0. The van der Waals surface area contributed by atoms with E-state index in [0.717, 1.165) is 29.9 Å². The van der Waals surface area contributed by atoms with Gasteiger partial charge in [-0.05, 0) is 55.8 Å². The number of carbonyl (C=O) groups excluding carboxylic acids is 2. The van der Waals surface area contributed by atoms with E-state index in [0.29, 0.717) is 24.4 Å². The van der Waals surface area contributed by atoms with E-state index in [9.17, 15) is 9.59 Å². The lowest BCUT2D eigenvalue weighted by Gasteiger charge is -2.37. The van der Waals surface area contributed by atoms with E-state index in [-0.39, 0.29) is 24.9 Å². The highest BCUT2D eigenvalue weighted by Gasteiger charge is 2.38. The second-order valence-corrected chi connectivity index (χ2v) is 9.86. The predicted molar refractivity (Wildman–Crippen MR) is 147 cm³/mol. The lowest BCUT2D eigenvalue weighted by atomic mass is 9.99. The highest BCUT2D eigenvalue weighted by molar-refractivity contribution is 6.00. The molecule has 2 heterocycles. The van der Waals surface area contributed by atoms with E-state index in [4.69, 9.17) is 4.74 Å². The van der Waals surface area contributed by atoms with Crippen molar-refractivity contribution >= 4 is 34.2 Å². The highest BCUT2D eigenvalue weighted by Crippen LogP contribution is 2.24. The Balaban J connectivity index is 1.35. The summed E-state index contributed by atoms with van der Waals surface area (Å²) in [6.45, 7) is 6.90. The first kappa shape index (κ1) is 25.4. The van der Waals surface area contributed by atoms with E-state index in [1.807, 2.05) is 78.9 Å². The molecule has 0 saturated carbocycles. The van der Waals surface area contributed by atoms with Crippen LogP contribution in [0.1, 0.15) is 19.4 Å². The third-order valence-electron chi connectivity index (χ3n) is 6.92. The van der Waals surface area contributed by atoms with Crippen molar-refractivity contribution in [3.63, 3.8) is 0 Å². The van der Waals surface area contributed by atoms with Gasteiger partial charge in [0.2, 0.25) is 11.8 Å². The van der Waals surface area contributed by atoms with Crippen LogP contribution in [-0.2, 0) is 27.4 Å².